The predicted octanol–water partition coefficient (Wildman–Crippen LogP) is 4.55. The van der Waals surface area contributed by atoms with Crippen molar-refractivity contribution in [1.82, 2.24) is 5.48 Å². The van der Waals surface area contributed by atoms with Gasteiger partial charge in [-0.1, -0.05) is 11.6 Å². The smallest absolute Gasteiger partial charge is 0.381 e. The lowest BCUT2D eigenvalue weighted by molar-refractivity contribution is -0.221. The molecule has 0 aliphatic carbocycles. The summed E-state index contributed by atoms with van der Waals surface area (Å²) in [5, 5.41) is 10.9. The standard InChI is InChI=1S/C16H11ClF5IN2O3/c17-9-4-8(15(27)25-28-6-14(26)16(20,21)22)13(5-10(9)18)24-12-2-1-7(23)3-11(12)19/h1-5,14,24,26H,6H2,(H,25,27). The highest BCUT2D eigenvalue weighted by molar-refractivity contribution is 14.1. The van der Waals surface area contributed by atoms with E-state index >= 15 is 0 Å². The zero-order valence-electron chi connectivity index (χ0n) is 13.6. The van der Waals surface area contributed by atoms with Crippen LogP contribution in [-0.4, -0.2) is 29.9 Å². The average Bonchev–Trinajstić information content (AvgIpc) is 2.59. The Balaban J connectivity index is 2.21. The number of hydrogen-bond donors (Lipinski definition) is 3. The molecule has 2 aromatic carbocycles. The number of rotatable bonds is 6. The Morgan fingerprint density at radius 2 is 1.86 bits per heavy atom. The Morgan fingerprint density at radius 1 is 1.18 bits per heavy atom. The second-order valence-corrected chi connectivity index (χ2v) is 7.01. The molecule has 0 saturated carbocycles. The largest absolute Gasteiger partial charge is 0.416 e. The first-order valence-corrected chi connectivity index (χ1v) is 8.82. The van der Waals surface area contributed by atoms with E-state index in [9.17, 15) is 26.7 Å². The molecule has 0 aromatic heterocycles. The number of aliphatic hydroxyl groups is 1. The van der Waals surface area contributed by atoms with Crippen LogP contribution in [0, 0.1) is 15.2 Å². The summed E-state index contributed by atoms with van der Waals surface area (Å²) in [6.07, 6.45) is -7.75. The van der Waals surface area contributed by atoms with Gasteiger partial charge in [0, 0.05) is 3.57 Å². The number of alkyl halides is 3. The third kappa shape index (κ3) is 5.90. The van der Waals surface area contributed by atoms with E-state index in [4.69, 9.17) is 16.7 Å². The average molecular weight is 537 g/mol. The van der Waals surface area contributed by atoms with Gasteiger partial charge in [0.05, 0.1) is 22.0 Å². The molecule has 3 N–H and O–H groups in total. The van der Waals surface area contributed by atoms with Gasteiger partial charge >= 0.3 is 6.18 Å². The Hall–Kier alpha value is -1.70. The minimum atomic E-state index is -4.93. The maximum Gasteiger partial charge on any atom is 0.416 e. The Kier molecular flexibility index (Phi) is 7.42. The van der Waals surface area contributed by atoms with E-state index in [0.717, 1.165) is 12.1 Å². The van der Waals surface area contributed by atoms with E-state index in [1.54, 1.807) is 11.5 Å². The maximum atomic E-state index is 14.0. The van der Waals surface area contributed by atoms with Crippen molar-refractivity contribution >= 4 is 51.5 Å². The summed E-state index contributed by atoms with van der Waals surface area (Å²) in [4.78, 5) is 16.5. The second-order valence-electron chi connectivity index (χ2n) is 5.36. The summed E-state index contributed by atoms with van der Waals surface area (Å²) in [5.41, 5.74) is 1.07. The van der Waals surface area contributed by atoms with Crippen LogP contribution in [0.4, 0.5) is 33.3 Å². The third-order valence-electron chi connectivity index (χ3n) is 3.29. The summed E-state index contributed by atoms with van der Waals surface area (Å²) in [6.45, 7) is -1.27. The molecule has 0 aliphatic heterocycles. The fraction of sp³-hybridized carbons (Fsp3) is 0.188. The van der Waals surface area contributed by atoms with Crippen LogP contribution in [-0.2, 0) is 4.84 Å². The highest BCUT2D eigenvalue weighted by Gasteiger charge is 2.38. The molecule has 0 aliphatic rings. The summed E-state index contributed by atoms with van der Waals surface area (Å²) in [7, 11) is 0. The van der Waals surface area contributed by atoms with Crippen LogP contribution in [0.5, 0.6) is 0 Å². The lowest BCUT2D eigenvalue weighted by Gasteiger charge is -2.16. The normalized spacial score (nSPS) is 12.6. The zero-order chi connectivity index (χ0) is 21.1. The number of carbonyl (C=O) groups is 1. The third-order valence-corrected chi connectivity index (χ3v) is 4.25. The SMILES string of the molecule is O=C(NOCC(O)C(F)(F)F)c1cc(Cl)c(F)cc1Nc1ccc(I)cc1F. The number of hydroxylamine groups is 1. The molecule has 28 heavy (non-hydrogen) atoms. The minimum Gasteiger partial charge on any atom is -0.381 e. The zero-order valence-corrected chi connectivity index (χ0v) is 16.5. The summed E-state index contributed by atoms with van der Waals surface area (Å²) in [6, 6.07) is 5.81. The molecule has 2 aromatic rings. The molecular weight excluding hydrogens is 526 g/mol. The van der Waals surface area contributed by atoms with Gasteiger partial charge in [-0.25, -0.2) is 14.3 Å². The van der Waals surface area contributed by atoms with Gasteiger partial charge in [0.1, 0.15) is 18.2 Å². The fourth-order valence-corrected chi connectivity index (χ4v) is 2.53. The molecular formula is C16H11ClF5IN2O3. The Morgan fingerprint density at radius 3 is 2.46 bits per heavy atom. The van der Waals surface area contributed by atoms with Gasteiger partial charge in [-0.3, -0.25) is 9.63 Å². The number of carbonyl (C=O) groups excluding carboxylic acids is 1. The topological polar surface area (TPSA) is 70.6 Å². The van der Waals surface area contributed by atoms with Crippen LogP contribution in [0.3, 0.4) is 0 Å². The lowest BCUT2D eigenvalue weighted by atomic mass is 10.1. The van der Waals surface area contributed by atoms with E-state index < -0.39 is 41.5 Å². The molecule has 0 radical (unpaired) electrons. The van der Waals surface area contributed by atoms with Gasteiger partial charge in [-0.15, -0.1) is 0 Å². The van der Waals surface area contributed by atoms with Gasteiger partial charge < -0.3 is 10.4 Å². The van der Waals surface area contributed by atoms with Gasteiger partial charge in [-0.2, -0.15) is 13.2 Å². The number of benzene rings is 2. The van der Waals surface area contributed by atoms with Crippen LogP contribution in [0.1, 0.15) is 10.4 Å². The fourth-order valence-electron chi connectivity index (χ4n) is 1.91. The van der Waals surface area contributed by atoms with Crippen molar-refractivity contribution in [3.05, 3.63) is 56.1 Å². The van der Waals surface area contributed by atoms with Gasteiger partial charge in [0.25, 0.3) is 5.91 Å². The summed E-state index contributed by atoms with van der Waals surface area (Å²) in [5.74, 6) is -2.69. The van der Waals surface area contributed by atoms with Crippen LogP contribution >= 0.6 is 34.2 Å². The molecule has 0 spiro atoms. The van der Waals surface area contributed by atoms with Gasteiger partial charge in [0.15, 0.2) is 6.10 Å². The quantitative estimate of drug-likeness (QED) is 0.288. The first-order chi connectivity index (χ1) is 13.0. The van der Waals surface area contributed by atoms with E-state index in [1.165, 1.54) is 12.1 Å². The number of anilines is 2. The van der Waals surface area contributed by atoms with E-state index in [-0.39, 0.29) is 16.9 Å². The van der Waals surface area contributed by atoms with Crippen LogP contribution in [0.2, 0.25) is 5.02 Å². The molecule has 12 heteroatoms. The second kappa shape index (κ2) is 9.20. The molecule has 0 heterocycles. The Bertz CT molecular complexity index is 882. The molecule has 0 fully saturated rings. The lowest BCUT2D eigenvalue weighted by Crippen LogP contribution is -2.36. The summed E-state index contributed by atoms with van der Waals surface area (Å²) >= 11 is 7.52. The van der Waals surface area contributed by atoms with Crippen molar-refractivity contribution in [2.24, 2.45) is 0 Å². The summed E-state index contributed by atoms with van der Waals surface area (Å²) < 4.78 is 65.0. The first kappa shape index (κ1) is 22.6. The van der Waals surface area contributed by atoms with Gasteiger partial charge in [-0.05, 0) is 52.9 Å². The van der Waals surface area contributed by atoms with E-state index in [1.807, 2.05) is 22.6 Å². The van der Waals surface area contributed by atoms with Crippen molar-refractivity contribution in [1.29, 1.82) is 0 Å². The van der Waals surface area contributed by atoms with Crippen molar-refractivity contribution in [3.8, 4) is 0 Å². The number of hydrogen-bond acceptors (Lipinski definition) is 4. The molecule has 0 bridgehead atoms. The highest BCUT2D eigenvalue weighted by atomic mass is 127. The number of halogens is 7. The first-order valence-electron chi connectivity index (χ1n) is 7.37. The molecule has 1 unspecified atom stereocenters. The minimum absolute atomic E-state index is 0.0791. The number of amides is 1. The van der Waals surface area contributed by atoms with E-state index in [0.29, 0.717) is 3.57 Å². The van der Waals surface area contributed by atoms with Crippen molar-refractivity contribution in [2.75, 3.05) is 11.9 Å². The van der Waals surface area contributed by atoms with Gasteiger partial charge in [0.2, 0.25) is 0 Å². The Labute approximate surface area is 173 Å². The molecule has 0 saturated heterocycles. The van der Waals surface area contributed by atoms with Crippen LogP contribution < -0.4 is 10.8 Å². The van der Waals surface area contributed by atoms with Crippen LogP contribution in [0.25, 0.3) is 0 Å². The van der Waals surface area contributed by atoms with Crippen LogP contribution in [0.15, 0.2) is 30.3 Å². The highest BCUT2D eigenvalue weighted by Crippen LogP contribution is 2.29. The monoisotopic (exact) mass is 536 g/mol. The van der Waals surface area contributed by atoms with Crippen molar-refractivity contribution < 1.29 is 36.7 Å². The molecule has 5 nitrogen and oxygen atoms in total. The van der Waals surface area contributed by atoms with Crippen molar-refractivity contribution in [3.63, 3.8) is 0 Å². The van der Waals surface area contributed by atoms with Crippen molar-refractivity contribution in [2.45, 2.75) is 12.3 Å². The number of nitrogens with one attached hydrogen (secondary N) is 2. The molecule has 1 atom stereocenters. The molecule has 152 valence electrons. The molecule has 1 amide bonds. The predicted molar refractivity (Wildman–Crippen MR) is 99.3 cm³/mol. The number of aliphatic hydroxyl groups excluding tert-OH is 1. The van der Waals surface area contributed by atoms with E-state index in [2.05, 4.69) is 10.2 Å². The molecule has 2 rings (SSSR count). The maximum absolute atomic E-state index is 14.0.